The zero-order valence-electron chi connectivity index (χ0n) is 26.2. The topological polar surface area (TPSA) is 8.17 Å². The Kier molecular flexibility index (Phi) is 5.91. The van der Waals surface area contributed by atoms with Gasteiger partial charge in [-0.2, -0.15) is 0 Å². The lowest BCUT2D eigenvalue weighted by Gasteiger charge is -2.26. The summed E-state index contributed by atoms with van der Waals surface area (Å²) in [5.41, 5.74) is 6.94. The van der Waals surface area contributed by atoms with Crippen molar-refractivity contribution in [1.29, 1.82) is 0 Å². The van der Waals surface area contributed by atoms with Crippen LogP contribution in [0.1, 0.15) is 0 Å². The Morgan fingerprint density at radius 3 is 1.46 bits per heavy atom. The van der Waals surface area contributed by atoms with Gasteiger partial charge in [0.15, 0.2) is 0 Å². The van der Waals surface area contributed by atoms with Crippen LogP contribution in [-0.4, -0.2) is 4.57 Å². The molecule has 0 saturated heterocycles. The van der Waals surface area contributed by atoms with Crippen LogP contribution in [0.25, 0.3) is 70.6 Å². The molecule has 0 fully saturated rings. The fourth-order valence-electron chi connectivity index (χ4n) is 7.75. The molecule has 0 amide bonds. The quantitative estimate of drug-likeness (QED) is 0.180. The van der Waals surface area contributed by atoms with E-state index in [-0.39, 0.29) is 0 Å². The van der Waals surface area contributed by atoms with Crippen LogP contribution in [0.3, 0.4) is 0 Å². The van der Waals surface area contributed by atoms with Gasteiger partial charge in [0, 0.05) is 33.5 Å². The van der Waals surface area contributed by atoms with E-state index in [0.717, 1.165) is 22.7 Å². The summed E-state index contributed by atoms with van der Waals surface area (Å²) in [4.78, 5) is 2.36. The molecule has 0 aliphatic rings. The first-order chi connectivity index (χ1) is 23.8. The van der Waals surface area contributed by atoms with Gasteiger partial charge in [0.05, 0.1) is 11.0 Å². The van der Waals surface area contributed by atoms with E-state index in [1.807, 2.05) is 0 Å². The highest BCUT2D eigenvalue weighted by Crippen LogP contribution is 2.41. The zero-order valence-corrected chi connectivity index (χ0v) is 26.2. The van der Waals surface area contributed by atoms with Crippen molar-refractivity contribution >= 4 is 82.0 Å². The summed E-state index contributed by atoms with van der Waals surface area (Å²) >= 11 is 0. The van der Waals surface area contributed by atoms with Crippen LogP contribution in [0.4, 0.5) is 17.1 Å². The van der Waals surface area contributed by atoms with Crippen molar-refractivity contribution in [2.75, 3.05) is 4.90 Å². The van der Waals surface area contributed by atoms with Gasteiger partial charge in [0.1, 0.15) is 0 Å². The molecule has 1 heterocycles. The van der Waals surface area contributed by atoms with Crippen LogP contribution in [0.5, 0.6) is 0 Å². The Morgan fingerprint density at radius 2 is 0.792 bits per heavy atom. The van der Waals surface area contributed by atoms with Crippen LogP contribution >= 0.6 is 0 Å². The van der Waals surface area contributed by atoms with Crippen molar-refractivity contribution in [1.82, 2.24) is 4.57 Å². The van der Waals surface area contributed by atoms with E-state index in [0.29, 0.717) is 0 Å². The predicted molar refractivity (Wildman–Crippen MR) is 205 cm³/mol. The molecule has 0 radical (unpaired) electrons. The first-order valence-electron chi connectivity index (χ1n) is 16.5. The number of benzene rings is 9. The number of hydrogen-bond acceptors (Lipinski definition) is 1. The van der Waals surface area contributed by atoms with Gasteiger partial charge in [0.2, 0.25) is 0 Å². The lowest BCUT2D eigenvalue weighted by atomic mass is 9.93. The molecule has 0 bridgehead atoms. The lowest BCUT2D eigenvalue weighted by molar-refractivity contribution is 1.17. The third kappa shape index (κ3) is 4.06. The SMILES string of the molecule is c1ccc(N(c2ccc(-n3c4ccccc4c4ccccc43)cc2)c2ccc3c(ccc4ccc5ccc6ccccc6c5c43)c2)cc1. The normalized spacial score (nSPS) is 11.8. The smallest absolute Gasteiger partial charge is 0.0541 e. The molecule has 0 atom stereocenters. The monoisotopic (exact) mass is 610 g/mol. The average molecular weight is 611 g/mol. The molecule has 9 aromatic carbocycles. The van der Waals surface area contributed by atoms with E-state index in [9.17, 15) is 0 Å². The summed E-state index contributed by atoms with van der Waals surface area (Å²) in [5, 5.41) is 12.8. The molecule has 1 aromatic heterocycles. The highest BCUT2D eigenvalue weighted by atomic mass is 15.1. The fourth-order valence-corrected chi connectivity index (χ4v) is 7.75. The second-order valence-corrected chi connectivity index (χ2v) is 12.6. The number of aromatic nitrogens is 1. The summed E-state index contributed by atoms with van der Waals surface area (Å²) in [7, 11) is 0. The number of hydrogen-bond donors (Lipinski definition) is 0. The van der Waals surface area contributed by atoms with Crippen LogP contribution in [0.15, 0.2) is 182 Å². The standard InChI is InChI=1S/C46H30N2/c1-2-11-35(12-3-1)47(36-24-26-37(27-25-36)48-43-16-8-6-14-41(43)42-15-7-9-17-44(42)48)38-28-29-40-34(30-38)23-22-33-21-20-32-19-18-31-10-4-5-13-39(31)45(32)46(33)40/h1-30H. The van der Waals surface area contributed by atoms with Gasteiger partial charge in [-0.1, -0.05) is 121 Å². The van der Waals surface area contributed by atoms with Crippen LogP contribution in [-0.2, 0) is 0 Å². The van der Waals surface area contributed by atoms with Gasteiger partial charge < -0.3 is 9.47 Å². The third-order valence-electron chi connectivity index (χ3n) is 9.91. The fraction of sp³-hybridized carbons (Fsp3) is 0. The van der Waals surface area contributed by atoms with Gasteiger partial charge >= 0.3 is 0 Å². The van der Waals surface area contributed by atoms with Gasteiger partial charge in [-0.05, 0) is 104 Å². The summed E-state index contributed by atoms with van der Waals surface area (Å²) < 4.78 is 2.37. The third-order valence-corrected chi connectivity index (χ3v) is 9.91. The summed E-state index contributed by atoms with van der Waals surface area (Å²) in [6.45, 7) is 0. The number of para-hydroxylation sites is 3. The average Bonchev–Trinajstić information content (AvgIpc) is 3.49. The van der Waals surface area contributed by atoms with Gasteiger partial charge in [-0.3, -0.25) is 0 Å². The Bertz CT molecular complexity index is 2770. The second kappa shape index (κ2) is 10.6. The Morgan fingerprint density at radius 1 is 0.312 bits per heavy atom. The molecule has 2 heteroatoms. The van der Waals surface area contributed by atoms with E-state index >= 15 is 0 Å². The first-order valence-corrected chi connectivity index (χ1v) is 16.5. The van der Waals surface area contributed by atoms with Crippen LogP contribution in [0.2, 0.25) is 0 Å². The minimum absolute atomic E-state index is 1.11. The molecular formula is C46H30N2. The minimum Gasteiger partial charge on any atom is -0.310 e. The summed E-state index contributed by atoms with van der Waals surface area (Å²) in [6, 6.07) is 66.2. The van der Waals surface area contributed by atoms with Crippen LogP contribution in [0, 0.1) is 0 Å². The van der Waals surface area contributed by atoms with Crippen LogP contribution < -0.4 is 4.90 Å². The molecular weight excluding hydrogens is 581 g/mol. The molecule has 48 heavy (non-hydrogen) atoms. The maximum Gasteiger partial charge on any atom is 0.0541 e. The van der Waals surface area contributed by atoms with Crippen molar-refractivity contribution in [3.63, 3.8) is 0 Å². The lowest BCUT2D eigenvalue weighted by Crippen LogP contribution is -2.10. The molecule has 0 saturated carbocycles. The van der Waals surface area contributed by atoms with Crippen molar-refractivity contribution in [2.24, 2.45) is 0 Å². The van der Waals surface area contributed by atoms with Crippen molar-refractivity contribution in [3.05, 3.63) is 182 Å². The maximum atomic E-state index is 2.37. The number of rotatable bonds is 4. The Balaban J connectivity index is 1.15. The van der Waals surface area contributed by atoms with E-state index in [1.54, 1.807) is 0 Å². The molecule has 2 nitrogen and oxygen atoms in total. The van der Waals surface area contributed by atoms with Crippen molar-refractivity contribution in [3.8, 4) is 5.69 Å². The Labute approximate surface area is 278 Å². The number of nitrogens with zero attached hydrogens (tertiary/aromatic N) is 2. The van der Waals surface area contributed by atoms with Crippen molar-refractivity contribution in [2.45, 2.75) is 0 Å². The molecule has 0 spiro atoms. The molecule has 0 aliphatic heterocycles. The zero-order chi connectivity index (χ0) is 31.6. The number of anilines is 3. The van der Waals surface area contributed by atoms with E-state index in [1.165, 1.54) is 64.9 Å². The molecule has 0 N–H and O–H groups in total. The predicted octanol–water partition coefficient (Wildman–Crippen LogP) is 12.9. The van der Waals surface area contributed by atoms with Gasteiger partial charge in [0.25, 0.3) is 0 Å². The molecule has 10 aromatic rings. The molecule has 0 unspecified atom stereocenters. The molecule has 10 rings (SSSR count). The first kappa shape index (κ1) is 26.8. The summed E-state index contributed by atoms with van der Waals surface area (Å²) in [5.74, 6) is 0. The van der Waals surface area contributed by atoms with E-state index in [4.69, 9.17) is 0 Å². The maximum absolute atomic E-state index is 2.37. The van der Waals surface area contributed by atoms with E-state index in [2.05, 4.69) is 191 Å². The summed E-state index contributed by atoms with van der Waals surface area (Å²) in [6.07, 6.45) is 0. The Hall–Kier alpha value is -6.38. The second-order valence-electron chi connectivity index (χ2n) is 12.6. The van der Waals surface area contributed by atoms with Gasteiger partial charge in [-0.15, -0.1) is 0 Å². The highest BCUT2D eigenvalue weighted by Gasteiger charge is 2.16. The number of fused-ring (bicyclic) bond motifs is 10. The molecule has 224 valence electrons. The minimum atomic E-state index is 1.11. The largest absolute Gasteiger partial charge is 0.310 e. The van der Waals surface area contributed by atoms with E-state index < -0.39 is 0 Å². The van der Waals surface area contributed by atoms with Crippen molar-refractivity contribution < 1.29 is 0 Å². The highest BCUT2D eigenvalue weighted by molar-refractivity contribution is 6.27. The molecule has 0 aliphatic carbocycles. The van der Waals surface area contributed by atoms with Gasteiger partial charge in [-0.25, -0.2) is 0 Å².